The van der Waals surface area contributed by atoms with Crippen LogP contribution in [0.2, 0.25) is 0 Å². The van der Waals surface area contributed by atoms with Crippen LogP contribution >= 0.6 is 0 Å². The summed E-state index contributed by atoms with van der Waals surface area (Å²) in [5.41, 5.74) is 15.5. The highest BCUT2D eigenvalue weighted by Crippen LogP contribution is 2.51. The Labute approximate surface area is 311 Å². The van der Waals surface area contributed by atoms with E-state index in [0.29, 0.717) is 0 Å². The van der Waals surface area contributed by atoms with E-state index in [1.807, 2.05) is 0 Å². The topological polar surface area (TPSA) is 22.8 Å². The molecular formula is C51H31N3. The number of para-hydroxylation sites is 3. The summed E-state index contributed by atoms with van der Waals surface area (Å²) in [6, 6.07) is 68.3. The van der Waals surface area contributed by atoms with E-state index in [1.54, 1.807) is 0 Å². The van der Waals surface area contributed by atoms with Crippen molar-refractivity contribution in [2.24, 2.45) is 0 Å². The SMILES string of the molecule is c1ccc(-n2c(-c3ccc(-c4ccc(-n5c6ccc7ccccc7c6c6cc7c8c(cccc8c65)-c5ccccc5-7)cc4)cc3)nc3ccccc32)cc1. The van der Waals surface area contributed by atoms with Crippen LogP contribution in [0.25, 0.3) is 111 Å². The lowest BCUT2D eigenvalue weighted by Crippen LogP contribution is -1.97. The van der Waals surface area contributed by atoms with E-state index in [-0.39, 0.29) is 0 Å². The average Bonchev–Trinajstić information content (AvgIpc) is 3.91. The Hall–Kier alpha value is -7.23. The van der Waals surface area contributed by atoms with E-state index in [1.165, 1.54) is 76.7 Å². The van der Waals surface area contributed by atoms with Crippen molar-refractivity contribution < 1.29 is 0 Å². The van der Waals surface area contributed by atoms with E-state index in [2.05, 4.69) is 197 Å². The summed E-state index contributed by atoms with van der Waals surface area (Å²) in [5.74, 6) is 0.939. The van der Waals surface area contributed by atoms with Crippen molar-refractivity contribution in [2.75, 3.05) is 0 Å². The van der Waals surface area contributed by atoms with Gasteiger partial charge in [-0.25, -0.2) is 4.98 Å². The van der Waals surface area contributed by atoms with Gasteiger partial charge in [-0.15, -0.1) is 0 Å². The second kappa shape index (κ2) is 11.1. The van der Waals surface area contributed by atoms with Crippen LogP contribution in [0.5, 0.6) is 0 Å². The van der Waals surface area contributed by atoms with E-state index in [4.69, 9.17) is 4.98 Å². The molecule has 54 heavy (non-hydrogen) atoms. The van der Waals surface area contributed by atoms with Crippen LogP contribution in [0, 0.1) is 0 Å². The second-order valence-electron chi connectivity index (χ2n) is 14.3. The predicted octanol–water partition coefficient (Wildman–Crippen LogP) is 13.4. The Morgan fingerprint density at radius 1 is 0.352 bits per heavy atom. The molecule has 3 heteroatoms. The van der Waals surface area contributed by atoms with Crippen molar-refractivity contribution in [2.45, 2.75) is 0 Å². The van der Waals surface area contributed by atoms with E-state index >= 15 is 0 Å². The molecule has 0 bridgehead atoms. The molecule has 2 aromatic heterocycles. The third-order valence-corrected chi connectivity index (χ3v) is 11.5. The van der Waals surface area contributed by atoms with Crippen molar-refractivity contribution >= 4 is 54.4 Å². The molecule has 0 spiro atoms. The predicted molar refractivity (Wildman–Crippen MR) is 226 cm³/mol. The van der Waals surface area contributed by atoms with Gasteiger partial charge >= 0.3 is 0 Å². The minimum Gasteiger partial charge on any atom is -0.309 e. The lowest BCUT2D eigenvalue weighted by atomic mass is 9.97. The van der Waals surface area contributed by atoms with Crippen LogP contribution in [0.3, 0.4) is 0 Å². The number of fused-ring (bicyclic) bond motifs is 10. The molecule has 0 saturated heterocycles. The summed E-state index contributed by atoms with van der Waals surface area (Å²) in [7, 11) is 0. The number of hydrogen-bond acceptors (Lipinski definition) is 1. The molecule has 0 aliphatic heterocycles. The van der Waals surface area contributed by atoms with Gasteiger partial charge in [-0.1, -0.05) is 140 Å². The van der Waals surface area contributed by atoms with E-state index in [9.17, 15) is 0 Å². The summed E-state index contributed by atoms with van der Waals surface area (Å²) in [4.78, 5) is 5.08. The largest absolute Gasteiger partial charge is 0.309 e. The highest BCUT2D eigenvalue weighted by atomic mass is 15.1. The first-order valence-corrected chi connectivity index (χ1v) is 18.6. The number of rotatable bonds is 4. The highest BCUT2D eigenvalue weighted by Gasteiger charge is 2.26. The molecule has 0 unspecified atom stereocenters. The first-order chi connectivity index (χ1) is 26.8. The zero-order chi connectivity index (χ0) is 35.3. The van der Waals surface area contributed by atoms with Gasteiger partial charge in [-0.2, -0.15) is 0 Å². The molecule has 0 fully saturated rings. The van der Waals surface area contributed by atoms with Gasteiger partial charge in [-0.3, -0.25) is 4.57 Å². The zero-order valence-corrected chi connectivity index (χ0v) is 29.2. The third kappa shape index (κ3) is 4.09. The number of imidazole rings is 1. The molecule has 3 nitrogen and oxygen atoms in total. The monoisotopic (exact) mass is 685 g/mol. The second-order valence-corrected chi connectivity index (χ2v) is 14.3. The Morgan fingerprint density at radius 2 is 0.981 bits per heavy atom. The Balaban J connectivity index is 1.01. The van der Waals surface area contributed by atoms with E-state index in [0.717, 1.165) is 33.8 Å². The van der Waals surface area contributed by atoms with Gasteiger partial charge in [0.05, 0.1) is 22.1 Å². The molecule has 11 aromatic rings. The van der Waals surface area contributed by atoms with Gasteiger partial charge in [0.1, 0.15) is 5.82 Å². The molecule has 1 aliphatic rings. The molecule has 0 N–H and O–H groups in total. The molecule has 250 valence electrons. The quantitative estimate of drug-likeness (QED) is 0.181. The zero-order valence-electron chi connectivity index (χ0n) is 29.2. The minimum absolute atomic E-state index is 0.939. The number of nitrogens with zero attached hydrogens (tertiary/aromatic N) is 3. The van der Waals surface area contributed by atoms with Crippen molar-refractivity contribution in [3.05, 3.63) is 188 Å². The fourth-order valence-electron chi connectivity index (χ4n) is 9.08. The minimum atomic E-state index is 0.939. The van der Waals surface area contributed by atoms with Gasteiger partial charge < -0.3 is 4.57 Å². The lowest BCUT2D eigenvalue weighted by Gasteiger charge is -2.13. The maximum Gasteiger partial charge on any atom is 0.145 e. The summed E-state index contributed by atoms with van der Waals surface area (Å²) < 4.78 is 4.74. The van der Waals surface area contributed by atoms with Crippen LogP contribution in [0.1, 0.15) is 0 Å². The normalized spacial score (nSPS) is 12.1. The van der Waals surface area contributed by atoms with Gasteiger partial charge in [0.15, 0.2) is 0 Å². The smallest absolute Gasteiger partial charge is 0.145 e. The molecule has 9 aromatic carbocycles. The molecule has 0 atom stereocenters. The van der Waals surface area contributed by atoms with Crippen LogP contribution in [0.15, 0.2) is 188 Å². The molecule has 12 rings (SSSR count). The average molecular weight is 686 g/mol. The molecule has 0 amide bonds. The number of aromatic nitrogens is 3. The van der Waals surface area contributed by atoms with Crippen LogP contribution < -0.4 is 0 Å². The van der Waals surface area contributed by atoms with Crippen molar-refractivity contribution in [3.63, 3.8) is 0 Å². The van der Waals surface area contributed by atoms with Crippen molar-refractivity contribution in [1.82, 2.24) is 14.1 Å². The Bertz CT molecular complexity index is 3290. The first-order valence-electron chi connectivity index (χ1n) is 18.6. The van der Waals surface area contributed by atoms with Crippen LogP contribution in [-0.4, -0.2) is 14.1 Å². The van der Waals surface area contributed by atoms with Gasteiger partial charge in [0.2, 0.25) is 0 Å². The maximum absolute atomic E-state index is 5.08. The van der Waals surface area contributed by atoms with Gasteiger partial charge in [-0.05, 0) is 98.1 Å². The van der Waals surface area contributed by atoms with Crippen molar-refractivity contribution in [3.8, 4) is 56.1 Å². The molecule has 0 saturated carbocycles. The standard InChI is InChI=1S/C51H31N3/c1-2-12-36(13-3-1)54-46-20-9-8-19-45(46)52-51(54)35-23-21-32(22-24-35)33-25-28-37(29-26-33)53-47-30-27-34-11-4-5-14-38(34)49(47)44-31-43-40-16-7-6-15-39(40)41-17-10-18-42(48(41)43)50(44)53/h1-31H. The van der Waals surface area contributed by atoms with Crippen LogP contribution in [0.4, 0.5) is 0 Å². The Kier molecular flexibility index (Phi) is 6.05. The lowest BCUT2D eigenvalue weighted by molar-refractivity contribution is 1.10. The summed E-state index contributed by atoms with van der Waals surface area (Å²) in [6.07, 6.45) is 0. The number of hydrogen-bond donors (Lipinski definition) is 0. The van der Waals surface area contributed by atoms with Crippen molar-refractivity contribution in [1.29, 1.82) is 0 Å². The highest BCUT2D eigenvalue weighted by molar-refractivity contribution is 6.31. The van der Waals surface area contributed by atoms with E-state index < -0.39 is 0 Å². The first kappa shape index (κ1) is 29.4. The fourth-order valence-corrected chi connectivity index (χ4v) is 9.08. The summed E-state index contributed by atoms with van der Waals surface area (Å²) >= 11 is 0. The van der Waals surface area contributed by atoms with Gasteiger partial charge in [0.25, 0.3) is 0 Å². The maximum atomic E-state index is 5.08. The molecule has 0 radical (unpaired) electrons. The summed E-state index contributed by atoms with van der Waals surface area (Å²) in [6.45, 7) is 0. The molecule has 2 heterocycles. The van der Waals surface area contributed by atoms with Crippen LogP contribution in [-0.2, 0) is 0 Å². The fraction of sp³-hybridized carbons (Fsp3) is 0. The number of benzene rings is 9. The summed E-state index contributed by atoms with van der Waals surface area (Å²) in [5, 5.41) is 7.77. The van der Waals surface area contributed by atoms with Gasteiger partial charge in [0, 0.05) is 33.1 Å². The molecule has 1 aliphatic carbocycles. The third-order valence-electron chi connectivity index (χ3n) is 11.5. The Morgan fingerprint density at radius 3 is 1.81 bits per heavy atom. The molecular weight excluding hydrogens is 655 g/mol.